The molecular weight excluding hydrogens is 264 g/mol. The summed E-state index contributed by atoms with van der Waals surface area (Å²) >= 11 is 0. The van der Waals surface area contributed by atoms with Gasteiger partial charge in [-0.25, -0.2) is 0 Å². The molecule has 0 radical (unpaired) electrons. The van der Waals surface area contributed by atoms with Gasteiger partial charge in [-0.3, -0.25) is 4.79 Å². The molecule has 0 saturated carbocycles. The molecule has 3 nitrogen and oxygen atoms in total. The molecule has 0 aromatic heterocycles. The molecule has 1 saturated heterocycles. The number of rotatable bonds is 6. The van der Waals surface area contributed by atoms with Crippen molar-refractivity contribution in [1.82, 2.24) is 0 Å². The van der Waals surface area contributed by atoms with Gasteiger partial charge in [0, 0.05) is 26.7 Å². The fourth-order valence-electron chi connectivity index (χ4n) is 2.96. The third-order valence-electron chi connectivity index (χ3n) is 4.71. The van der Waals surface area contributed by atoms with Gasteiger partial charge in [0.1, 0.15) is 5.78 Å². The predicted octanol–water partition coefficient (Wildman–Crippen LogP) is 3.51. The second kappa shape index (κ2) is 6.71. The lowest BCUT2D eigenvalue weighted by molar-refractivity contribution is -0.129. The van der Waals surface area contributed by atoms with Crippen molar-refractivity contribution in [3.8, 4) is 0 Å². The van der Waals surface area contributed by atoms with Crippen LogP contribution >= 0.6 is 0 Å². The molecule has 2 rings (SSSR count). The number of ether oxygens (including phenoxy) is 2. The van der Waals surface area contributed by atoms with Crippen LogP contribution in [0.15, 0.2) is 30.3 Å². The van der Waals surface area contributed by atoms with Crippen LogP contribution in [0.2, 0.25) is 0 Å². The lowest BCUT2D eigenvalue weighted by atomic mass is 9.69. The van der Waals surface area contributed by atoms with E-state index in [0.717, 1.165) is 24.8 Å². The summed E-state index contributed by atoms with van der Waals surface area (Å²) in [5, 5.41) is 0. The summed E-state index contributed by atoms with van der Waals surface area (Å²) in [4.78, 5) is 13.0. The molecular formula is C18H26O3. The largest absolute Gasteiger partial charge is 0.381 e. The minimum atomic E-state index is -0.372. The second-order valence-electron chi connectivity index (χ2n) is 6.45. The molecule has 0 aliphatic carbocycles. The number of methoxy groups -OCH3 is 1. The first-order valence-corrected chi connectivity index (χ1v) is 7.72. The summed E-state index contributed by atoms with van der Waals surface area (Å²) < 4.78 is 10.9. The van der Waals surface area contributed by atoms with E-state index in [2.05, 4.69) is 12.1 Å². The normalized spacial score (nSPS) is 18.4. The Balaban J connectivity index is 2.18. The van der Waals surface area contributed by atoms with Crippen LogP contribution in [0.25, 0.3) is 0 Å². The van der Waals surface area contributed by atoms with Crippen molar-refractivity contribution in [2.45, 2.75) is 50.5 Å². The van der Waals surface area contributed by atoms with Crippen LogP contribution in [0.3, 0.4) is 0 Å². The van der Waals surface area contributed by atoms with E-state index in [0.29, 0.717) is 25.4 Å². The van der Waals surface area contributed by atoms with E-state index in [9.17, 15) is 4.79 Å². The molecule has 0 bridgehead atoms. The van der Waals surface area contributed by atoms with Crippen LogP contribution in [0, 0.1) is 0 Å². The number of carbonyl (C=O) groups is 1. The van der Waals surface area contributed by atoms with Crippen LogP contribution < -0.4 is 0 Å². The zero-order chi connectivity index (χ0) is 15.3. The van der Waals surface area contributed by atoms with Crippen molar-refractivity contribution in [2.24, 2.45) is 0 Å². The first kappa shape index (κ1) is 16.2. The predicted molar refractivity (Wildman–Crippen MR) is 83.5 cm³/mol. The number of ketones is 1. The van der Waals surface area contributed by atoms with Crippen LogP contribution in [-0.4, -0.2) is 31.7 Å². The smallest absolute Gasteiger partial charge is 0.143 e. The van der Waals surface area contributed by atoms with Crippen molar-refractivity contribution in [1.29, 1.82) is 0 Å². The molecule has 1 heterocycles. The summed E-state index contributed by atoms with van der Waals surface area (Å²) in [6, 6.07) is 10.2. The van der Waals surface area contributed by atoms with Crippen molar-refractivity contribution < 1.29 is 14.3 Å². The Labute approximate surface area is 127 Å². The summed E-state index contributed by atoms with van der Waals surface area (Å²) in [5.74, 6) is 0.321. The molecule has 1 aromatic carbocycles. The van der Waals surface area contributed by atoms with Gasteiger partial charge < -0.3 is 9.47 Å². The van der Waals surface area contributed by atoms with E-state index in [1.54, 1.807) is 7.11 Å². The lowest BCUT2D eigenvalue weighted by Crippen LogP contribution is -2.42. The molecule has 0 atom stereocenters. The first-order valence-electron chi connectivity index (χ1n) is 7.72. The third kappa shape index (κ3) is 3.72. The first-order chi connectivity index (χ1) is 10.0. The second-order valence-corrected chi connectivity index (χ2v) is 6.45. The Morgan fingerprint density at radius 3 is 2.43 bits per heavy atom. The maximum atomic E-state index is 13.0. The van der Waals surface area contributed by atoms with Crippen molar-refractivity contribution in [3.63, 3.8) is 0 Å². The Morgan fingerprint density at radius 2 is 1.86 bits per heavy atom. The molecule has 0 spiro atoms. The highest BCUT2D eigenvalue weighted by Crippen LogP contribution is 2.37. The van der Waals surface area contributed by atoms with Gasteiger partial charge in [0.15, 0.2) is 0 Å². The van der Waals surface area contributed by atoms with Crippen LogP contribution in [-0.2, 0) is 19.7 Å². The molecule has 0 unspecified atom stereocenters. The van der Waals surface area contributed by atoms with Crippen LogP contribution in [0.4, 0.5) is 0 Å². The molecule has 1 aliphatic rings. The minimum Gasteiger partial charge on any atom is -0.381 e. The Bertz CT molecular complexity index is 459. The number of benzene rings is 1. The minimum absolute atomic E-state index is 0.251. The molecule has 1 aliphatic heterocycles. The lowest BCUT2D eigenvalue weighted by Gasteiger charge is -2.37. The number of hydrogen-bond acceptors (Lipinski definition) is 3. The van der Waals surface area contributed by atoms with E-state index in [-0.39, 0.29) is 11.0 Å². The molecule has 0 amide bonds. The quantitative estimate of drug-likeness (QED) is 0.804. The van der Waals surface area contributed by atoms with E-state index in [4.69, 9.17) is 9.47 Å². The van der Waals surface area contributed by atoms with Crippen molar-refractivity contribution in [2.75, 3.05) is 20.3 Å². The van der Waals surface area contributed by atoms with Crippen molar-refractivity contribution >= 4 is 5.78 Å². The average molecular weight is 290 g/mol. The van der Waals surface area contributed by atoms with E-state index >= 15 is 0 Å². The molecule has 1 fully saturated rings. The third-order valence-corrected chi connectivity index (χ3v) is 4.71. The number of Topliss-reactive ketones (excluding diaryl/α,β-unsaturated/α-hetero) is 1. The maximum Gasteiger partial charge on any atom is 0.143 e. The highest BCUT2D eigenvalue weighted by molar-refractivity contribution is 5.90. The molecule has 21 heavy (non-hydrogen) atoms. The summed E-state index contributed by atoms with van der Waals surface area (Å²) in [6.45, 7) is 5.38. The van der Waals surface area contributed by atoms with E-state index in [1.807, 2.05) is 32.0 Å². The summed E-state index contributed by atoms with van der Waals surface area (Å²) in [6.07, 6.45) is 2.86. The van der Waals surface area contributed by atoms with Gasteiger partial charge in [0.25, 0.3) is 0 Å². The van der Waals surface area contributed by atoms with Gasteiger partial charge in [-0.15, -0.1) is 0 Å². The zero-order valence-electron chi connectivity index (χ0n) is 13.4. The van der Waals surface area contributed by atoms with E-state index < -0.39 is 0 Å². The van der Waals surface area contributed by atoms with Gasteiger partial charge in [0.05, 0.1) is 11.0 Å². The Morgan fingerprint density at radius 1 is 1.24 bits per heavy atom. The Hall–Kier alpha value is -1.19. The van der Waals surface area contributed by atoms with Crippen LogP contribution in [0.1, 0.15) is 45.1 Å². The highest BCUT2D eigenvalue weighted by atomic mass is 16.5. The van der Waals surface area contributed by atoms with Gasteiger partial charge in [-0.05, 0) is 38.7 Å². The average Bonchev–Trinajstić information content (AvgIpc) is 2.54. The van der Waals surface area contributed by atoms with E-state index in [1.165, 1.54) is 0 Å². The van der Waals surface area contributed by atoms with Gasteiger partial charge in [0.2, 0.25) is 0 Å². The Kier molecular flexibility index (Phi) is 5.17. The molecule has 1 aromatic rings. The molecule has 0 N–H and O–H groups in total. The monoisotopic (exact) mass is 290 g/mol. The molecule has 3 heteroatoms. The maximum absolute atomic E-state index is 13.0. The highest BCUT2D eigenvalue weighted by Gasteiger charge is 2.41. The van der Waals surface area contributed by atoms with Gasteiger partial charge >= 0.3 is 0 Å². The fraction of sp³-hybridized carbons (Fsp3) is 0.611. The topological polar surface area (TPSA) is 35.5 Å². The van der Waals surface area contributed by atoms with Gasteiger partial charge in [-0.1, -0.05) is 30.3 Å². The summed E-state index contributed by atoms with van der Waals surface area (Å²) in [5.41, 5.74) is 0.510. The zero-order valence-corrected chi connectivity index (χ0v) is 13.4. The standard InChI is InChI=1S/C18H26O3/c1-17(2,20-3)10-9-16(19)18(11-13-21-14-12-18)15-7-5-4-6-8-15/h4-8H,9-14H2,1-3H3. The number of hydrogen-bond donors (Lipinski definition) is 0. The SMILES string of the molecule is COC(C)(C)CCC(=O)C1(c2ccccc2)CCOCC1. The van der Waals surface area contributed by atoms with Crippen molar-refractivity contribution in [3.05, 3.63) is 35.9 Å². The molecule has 116 valence electrons. The van der Waals surface area contributed by atoms with Crippen LogP contribution in [0.5, 0.6) is 0 Å². The van der Waals surface area contributed by atoms with Gasteiger partial charge in [-0.2, -0.15) is 0 Å². The summed E-state index contributed by atoms with van der Waals surface area (Å²) in [7, 11) is 1.70. The number of carbonyl (C=O) groups excluding carboxylic acids is 1. The fourth-order valence-corrected chi connectivity index (χ4v) is 2.96.